The maximum Gasteiger partial charge on any atom is 0.245 e. The van der Waals surface area contributed by atoms with E-state index in [2.05, 4.69) is 33.9 Å². The molecule has 1 aromatic heterocycles. The van der Waals surface area contributed by atoms with Crippen molar-refractivity contribution in [2.75, 3.05) is 24.6 Å². The van der Waals surface area contributed by atoms with E-state index < -0.39 is 0 Å². The Labute approximate surface area is 115 Å². The standard InChI is InChI=1S/C14H24N4O/c1-3-12-13(4-2)16-17-14(15-12)18-8-5-6-11(10-18)7-9-19/h11,19H,3-10H2,1-2H3. The van der Waals surface area contributed by atoms with Crippen LogP contribution in [0.1, 0.15) is 44.5 Å². The van der Waals surface area contributed by atoms with Crippen molar-refractivity contribution in [1.29, 1.82) is 0 Å². The van der Waals surface area contributed by atoms with Crippen molar-refractivity contribution in [1.82, 2.24) is 15.2 Å². The molecule has 2 heterocycles. The molecule has 0 aliphatic carbocycles. The summed E-state index contributed by atoms with van der Waals surface area (Å²) in [6, 6.07) is 0. The van der Waals surface area contributed by atoms with Gasteiger partial charge in [0.2, 0.25) is 5.95 Å². The van der Waals surface area contributed by atoms with Crippen LogP contribution in [0.4, 0.5) is 5.95 Å². The van der Waals surface area contributed by atoms with E-state index in [0.29, 0.717) is 5.92 Å². The number of anilines is 1. The summed E-state index contributed by atoms with van der Waals surface area (Å²) in [5, 5.41) is 17.7. The Hall–Kier alpha value is -1.23. The second-order valence-corrected chi connectivity index (χ2v) is 5.18. The molecule has 0 saturated carbocycles. The summed E-state index contributed by atoms with van der Waals surface area (Å²) in [6.07, 6.45) is 5.00. The van der Waals surface area contributed by atoms with Crippen LogP contribution in [0.3, 0.4) is 0 Å². The molecular formula is C14H24N4O. The number of nitrogens with zero attached hydrogens (tertiary/aromatic N) is 4. The minimum Gasteiger partial charge on any atom is -0.396 e. The third kappa shape index (κ3) is 3.41. The fraction of sp³-hybridized carbons (Fsp3) is 0.786. The zero-order chi connectivity index (χ0) is 13.7. The zero-order valence-electron chi connectivity index (χ0n) is 12.0. The molecule has 1 N–H and O–H groups in total. The van der Waals surface area contributed by atoms with E-state index in [1.807, 2.05) is 0 Å². The van der Waals surface area contributed by atoms with Crippen LogP contribution in [0.2, 0.25) is 0 Å². The van der Waals surface area contributed by atoms with Crippen molar-refractivity contribution < 1.29 is 5.11 Å². The highest BCUT2D eigenvalue weighted by Crippen LogP contribution is 2.22. The number of aromatic nitrogens is 3. The van der Waals surface area contributed by atoms with Gasteiger partial charge in [0, 0.05) is 19.7 Å². The Morgan fingerprint density at radius 1 is 1.21 bits per heavy atom. The number of hydrogen-bond donors (Lipinski definition) is 1. The number of aliphatic hydroxyl groups is 1. The molecule has 1 saturated heterocycles. The lowest BCUT2D eigenvalue weighted by atomic mass is 9.95. The Kier molecular flexibility index (Phi) is 5.07. The fourth-order valence-corrected chi connectivity index (χ4v) is 2.73. The van der Waals surface area contributed by atoms with Gasteiger partial charge < -0.3 is 10.0 Å². The predicted octanol–water partition coefficient (Wildman–Crippen LogP) is 1.60. The van der Waals surface area contributed by atoms with Gasteiger partial charge in [0.15, 0.2) is 0 Å². The molecule has 106 valence electrons. The Morgan fingerprint density at radius 3 is 2.68 bits per heavy atom. The van der Waals surface area contributed by atoms with E-state index in [9.17, 15) is 0 Å². The van der Waals surface area contributed by atoms with Gasteiger partial charge in [-0.25, -0.2) is 4.98 Å². The molecular weight excluding hydrogens is 240 g/mol. The summed E-state index contributed by atoms with van der Waals surface area (Å²) in [7, 11) is 0. The first-order valence-electron chi connectivity index (χ1n) is 7.36. The van der Waals surface area contributed by atoms with Crippen molar-refractivity contribution >= 4 is 5.95 Å². The van der Waals surface area contributed by atoms with Crippen molar-refractivity contribution in [3.05, 3.63) is 11.4 Å². The van der Waals surface area contributed by atoms with Gasteiger partial charge in [0.05, 0.1) is 11.4 Å². The molecule has 1 aromatic rings. The fourth-order valence-electron chi connectivity index (χ4n) is 2.73. The van der Waals surface area contributed by atoms with Gasteiger partial charge in [0.1, 0.15) is 0 Å². The third-order valence-electron chi connectivity index (χ3n) is 3.84. The van der Waals surface area contributed by atoms with Gasteiger partial charge in [-0.3, -0.25) is 0 Å². The SMILES string of the molecule is CCc1nnc(N2CCCC(CCO)C2)nc1CC. The van der Waals surface area contributed by atoms with Gasteiger partial charge in [-0.05, 0) is 38.0 Å². The van der Waals surface area contributed by atoms with Crippen LogP contribution in [0.15, 0.2) is 0 Å². The average molecular weight is 264 g/mol. The van der Waals surface area contributed by atoms with Gasteiger partial charge >= 0.3 is 0 Å². The first-order chi connectivity index (χ1) is 9.28. The molecule has 0 amide bonds. The number of piperidine rings is 1. The monoisotopic (exact) mass is 264 g/mol. The van der Waals surface area contributed by atoms with Crippen molar-refractivity contribution in [2.24, 2.45) is 5.92 Å². The lowest BCUT2D eigenvalue weighted by Crippen LogP contribution is -2.37. The molecule has 0 aromatic carbocycles. The molecule has 0 bridgehead atoms. The van der Waals surface area contributed by atoms with E-state index in [1.165, 1.54) is 6.42 Å². The molecule has 1 unspecified atom stereocenters. The van der Waals surface area contributed by atoms with E-state index >= 15 is 0 Å². The third-order valence-corrected chi connectivity index (χ3v) is 3.84. The molecule has 19 heavy (non-hydrogen) atoms. The quantitative estimate of drug-likeness (QED) is 0.875. The summed E-state index contributed by atoms with van der Waals surface area (Å²) in [5.74, 6) is 1.31. The lowest BCUT2D eigenvalue weighted by molar-refractivity contribution is 0.243. The van der Waals surface area contributed by atoms with Crippen LogP contribution in [0, 0.1) is 5.92 Å². The Bertz CT molecular complexity index is 408. The smallest absolute Gasteiger partial charge is 0.245 e. The second-order valence-electron chi connectivity index (χ2n) is 5.18. The van der Waals surface area contributed by atoms with Gasteiger partial charge in [-0.1, -0.05) is 13.8 Å². The predicted molar refractivity (Wildman–Crippen MR) is 75.2 cm³/mol. The first-order valence-corrected chi connectivity index (χ1v) is 7.36. The minimum atomic E-state index is 0.270. The second kappa shape index (κ2) is 6.80. The summed E-state index contributed by atoms with van der Waals surface area (Å²) in [4.78, 5) is 6.89. The summed E-state index contributed by atoms with van der Waals surface area (Å²) < 4.78 is 0. The van der Waals surface area contributed by atoms with Gasteiger partial charge in [-0.2, -0.15) is 5.10 Å². The number of hydrogen-bond acceptors (Lipinski definition) is 5. The molecule has 1 aliphatic heterocycles. The summed E-state index contributed by atoms with van der Waals surface area (Å²) >= 11 is 0. The van der Waals surface area contributed by atoms with E-state index in [4.69, 9.17) is 5.11 Å². The van der Waals surface area contributed by atoms with Gasteiger partial charge in [0.25, 0.3) is 0 Å². The van der Waals surface area contributed by atoms with E-state index in [1.54, 1.807) is 0 Å². The normalized spacial score (nSPS) is 19.7. The molecule has 1 atom stereocenters. The van der Waals surface area contributed by atoms with E-state index in [-0.39, 0.29) is 6.61 Å². The summed E-state index contributed by atoms with van der Waals surface area (Å²) in [5.41, 5.74) is 2.08. The summed E-state index contributed by atoms with van der Waals surface area (Å²) in [6.45, 7) is 6.40. The highest BCUT2D eigenvalue weighted by atomic mass is 16.3. The lowest BCUT2D eigenvalue weighted by Gasteiger charge is -2.32. The molecule has 1 fully saturated rings. The molecule has 2 rings (SSSR count). The molecule has 1 aliphatic rings. The Balaban J connectivity index is 2.12. The molecule has 0 spiro atoms. The van der Waals surface area contributed by atoms with Crippen LogP contribution in [-0.2, 0) is 12.8 Å². The van der Waals surface area contributed by atoms with Crippen molar-refractivity contribution in [3.63, 3.8) is 0 Å². The van der Waals surface area contributed by atoms with Gasteiger partial charge in [-0.15, -0.1) is 5.10 Å². The number of rotatable bonds is 5. The maximum atomic E-state index is 9.06. The molecule has 5 heteroatoms. The number of aryl methyl sites for hydroxylation is 2. The minimum absolute atomic E-state index is 0.270. The van der Waals surface area contributed by atoms with Crippen LogP contribution in [-0.4, -0.2) is 40.0 Å². The zero-order valence-corrected chi connectivity index (χ0v) is 12.0. The van der Waals surface area contributed by atoms with Crippen molar-refractivity contribution in [3.8, 4) is 0 Å². The van der Waals surface area contributed by atoms with Crippen LogP contribution >= 0.6 is 0 Å². The van der Waals surface area contributed by atoms with E-state index in [0.717, 1.165) is 56.1 Å². The largest absolute Gasteiger partial charge is 0.396 e. The Morgan fingerprint density at radius 2 is 2.00 bits per heavy atom. The molecule has 5 nitrogen and oxygen atoms in total. The average Bonchev–Trinajstić information content (AvgIpc) is 2.47. The van der Waals surface area contributed by atoms with Crippen molar-refractivity contribution in [2.45, 2.75) is 46.0 Å². The van der Waals surface area contributed by atoms with Crippen LogP contribution in [0.25, 0.3) is 0 Å². The van der Waals surface area contributed by atoms with Crippen LogP contribution in [0.5, 0.6) is 0 Å². The highest BCUT2D eigenvalue weighted by molar-refractivity contribution is 5.31. The first kappa shape index (κ1) is 14.2. The highest BCUT2D eigenvalue weighted by Gasteiger charge is 2.22. The molecule has 0 radical (unpaired) electrons. The number of aliphatic hydroxyl groups excluding tert-OH is 1. The van der Waals surface area contributed by atoms with Crippen LogP contribution < -0.4 is 4.90 Å². The topological polar surface area (TPSA) is 62.1 Å². The maximum absolute atomic E-state index is 9.06.